The van der Waals surface area contributed by atoms with E-state index in [1.54, 1.807) is 13.0 Å². The molecule has 2 heterocycles. The van der Waals surface area contributed by atoms with E-state index in [2.05, 4.69) is 14.9 Å². The molecule has 0 spiro atoms. The van der Waals surface area contributed by atoms with Crippen LogP contribution in [-0.2, 0) is 0 Å². The van der Waals surface area contributed by atoms with E-state index in [1.165, 1.54) is 0 Å². The predicted octanol–water partition coefficient (Wildman–Crippen LogP) is 0.671. The van der Waals surface area contributed by atoms with E-state index in [9.17, 15) is 5.02 Å². The molecule has 0 atom stereocenters. The Morgan fingerprint density at radius 2 is 2.00 bits per heavy atom. The van der Waals surface area contributed by atoms with Crippen LogP contribution < -0.4 is 4.90 Å². The smallest absolute Gasteiger partial charge is 0.376 e. The number of halogens is 1. The van der Waals surface area contributed by atoms with Crippen LogP contribution in [0.3, 0.4) is 0 Å². The summed E-state index contributed by atoms with van der Waals surface area (Å²) >= 11 is 5.98. The molecular formula is C10H16BClN4O. The Balaban J connectivity index is 2.03. The van der Waals surface area contributed by atoms with E-state index in [0.29, 0.717) is 11.1 Å². The van der Waals surface area contributed by atoms with Crippen LogP contribution in [0, 0.1) is 6.92 Å². The van der Waals surface area contributed by atoms with Gasteiger partial charge in [-0.25, -0.2) is 9.97 Å². The molecule has 1 aliphatic heterocycles. The van der Waals surface area contributed by atoms with Crippen molar-refractivity contribution in [1.82, 2.24) is 14.8 Å². The molecule has 1 fully saturated rings. The number of hydrogen-bond acceptors (Lipinski definition) is 5. The van der Waals surface area contributed by atoms with Gasteiger partial charge in [0.1, 0.15) is 5.15 Å². The summed E-state index contributed by atoms with van der Waals surface area (Å²) in [6, 6.07) is 0. The lowest BCUT2D eigenvalue weighted by molar-refractivity contribution is 0.343. The van der Waals surface area contributed by atoms with Crippen LogP contribution in [0.25, 0.3) is 0 Å². The zero-order chi connectivity index (χ0) is 12.4. The minimum Gasteiger partial charge on any atom is -0.437 e. The molecule has 5 nitrogen and oxygen atoms in total. The second kappa shape index (κ2) is 5.20. The van der Waals surface area contributed by atoms with Gasteiger partial charge in [0.15, 0.2) is 0 Å². The molecule has 0 saturated carbocycles. The van der Waals surface area contributed by atoms with Crippen LogP contribution >= 0.6 is 11.6 Å². The fraction of sp³-hybridized carbons (Fsp3) is 0.600. The van der Waals surface area contributed by atoms with Crippen molar-refractivity contribution in [2.45, 2.75) is 13.7 Å². The lowest BCUT2D eigenvalue weighted by Crippen LogP contribution is -2.51. The molecule has 1 aliphatic rings. The van der Waals surface area contributed by atoms with Gasteiger partial charge in [0, 0.05) is 37.9 Å². The number of aryl methyl sites for hydroxylation is 1. The summed E-state index contributed by atoms with van der Waals surface area (Å²) in [7, 11) is -0.389. The van der Waals surface area contributed by atoms with Crippen molar-refractivity contribution in [2.24, 2.45) is 0 Å². The third kappa shape index (κ3) is 2.88. The second-order valence-corrected chi connectivity index (χ2v) is 4.66. The van der Waals surface area contributed by atoms with Gasteiger partial charge >= 0.3 is 7.05 Å². The maximum atomic E-state index is 9.47. The van der Waals surface area contributed by atoms with E-state index >= 15 is 0 Å². The average Bonchev–Trinajstić information content (AvgIpc) is 2.33. The van der Waals surface area contributed by atoms with Crippen molar-refractivity contribution in [3.05, 3.63) is 16.9 Å². The highest BCUT2D eigenvalue weighted by molar-refractivity contribution is 6.45. The van der Waals surface area contributed by atoms with Crippen LogP contribution in [0.5, 0.6) is 0 Å². The molecule has 2 rings (SSSR count). The van der Waals surface area contributed by atoms with E-state index in [1.807, 2.05) is 11.7 Å². The summed E-state index contributed by atoms with van der Waals surface area (Å²) in [6.45, 7) is 6.92. The minimum absolute atomic E-state index is 0.389. The van der Waals surface area contributed by atoms with Gasteiger partial charge in [0.05, 0.1) is 0 Å². The standard InChI is InChI=1S/C10H16BClN4O/c1-8-7-13-10(14-9(8)12)15-3-5-16(6-4-15)11(2)17/h7,17H,3-6H2,1-2H3. The molecule has 1 aromatic rings. The molecule has 0 bridgehead atoms. The molecule has 0 radical (unpaired) electrons. The van der Waals surface area contributed by atoms with Gasteiger partial charge in [-0.3, -0.25) is 0 Å². The van der Waals surface area contributed by atoms with E-state index in [0.717, 1.165) is 31.7 Å². The third-order valence-electron chi connectivity index (χ3n) is 3.02. The van der Waals surface area contributed by atoms with Gasteiger partial charge in [0.25, 0.3) is 0 Å². The van der Waals surface area contributed by atoms with Gasteiger partial charge < -0.3 is 14.7 Å². The Labute approximate surface area is 107 Å². The second-order valence-electron chi connectivity index (χ2n) is 4.30. The average molecular weight is 255 g/mol. The highest BCUT2D eigenvalue weighted by Crippen LogP contribution is 2.16. The third-order valence-corrected chi connectivity index (χ3v) is 3.41. The Morgan fingerprint density at radius 3 is 2.53 bits per heavy atom. The zero-order valence-electron chi connectivity index (χ0n) is 10.1. The van der Waals surface area contributed by atoms with Gasteiger partial charge in [0.2, 0.25) is 5.95 Å². The van der Waals surface area contributed by atoms with Crippen LogP contribution in [0.1, 0.15) is 5.56 Å². The molecule has 1 saturated heterocycles. The largest absolute Gasteiger partial charge is 0.437 e. The Hall–Kier alpha value is -0.845. The maximum Gasteiger partial charge on any atom is 0.376 e. The van der Waals surface area contributed by atoms with Gasteiger partial charge in [-0.2, -0.15) is 0 Å². The number of piperazine rings is 1. The van der Waals surface area contributed by atoms with E-state index < -0.39 is 0 Å². The van der Waals surface area contributed by atoms with Crippen molar-refractivity contribution >= 4 is 24.6 Å². The van der Waals surface area contributed by atoms with Gasteiger partial charge in [-0.1, -0.05) is 11.6 Å². The molecule has 1 aromatic heterocycles. The number of anilines is 1. The summed E-state index contributed by atoms with van der Waals surface area (Å²) in [6.07, 6.45) is 1.74. The van der Waals surface area contributed by atoms with Crippen molar-refractivity contribution in [2.75, 3.05) is 31.1 Å². The number of hydrogen-bond donors (Lipinski definition) is 1. The Kier molecular flexibility index (Phi) is 3.86. The van der Waals surface area contributed by atoms with Crippen LogP contribution in [0.2, 0.25) is 12.0 Å². The fourth-order valence-corrected chi connectivity index (χ4v) is 1.99. The monoisotopic (exact) mass is 254 g/mol. The molecule has 0 aromatic carbocycles. The Bertz CT molecular complexity index is 396. The molecular weight excluding hydrogens is 238 g/mol. The Morgan fingerprint density at radius 1 is 1.35 bits per heavy atom. The topological polar surface area (TPSA) is 52.5 Å². The normalized spacial score (nSPS) is 17.3. The summed E-state index contributed by atoms with van der Waals surface area (Å²) in [5.41, 5.74) is 0.887. The summed E-state index contributed by atoms with van der Waals surface area (Å²) in [5.74, 6) is 0.672. The lowest BCUT2D eigenvalue weighted by atomic mass is 9.84. The highest BCUT2D eigenvalue weighted by atomic mass is 35.5. The van der Waals surface area contributed by atoms with E-state index in [4.69, 9.17) is 11.6 Å². The predicted molar refractivity (Wildman–Crippen MR) is 69.4 cm³/mol. The summed E-state index contributed by atoms with van der Waals surface area (Å²) in [5, 5.41) is 9.98. The van der Waals surface area contributed by atoms with Crippen LogP contribution in [0.4, 0.5) is 5.95 Å². The molecule has 0 aliphatic carbocycles. The van der Waals surface area contributed by atoms with Crippen molar-refractivity contribution in [3.8, 4) is 0 Å². The molecule has 17 heavy (non-hydrogen) atoms. The van der Waals surface area contributed by atoms with Crippen LogP contribution in [-0.4, -0.2) is 53.0 Å². The molecule has 0 amide bonds. The number of aromatic nitrogens is 2. The maximum absolute atomic E-state index is 9.47. The highest BCUT2D eigenvalue weighted by Gasteiger charge is 2.23. The number of nitrogens with zero attached hydrogens (tertiary/aromatic N) is 4. The first-order valence-corrected chi connectivity index (χ1v) is 6.12. The summed E-state index contributed by atoms with van der Waals surface area (Å²) < 4.78 is 0. The first-order valence-electron chi connectivity index (χ1n) is 5.74. The minimum atomic E-state index is -0.389. The van der Waals surface area contributed by atoms with Crippen molar-refractivity contribution < 1.29 is 5.02 Å². The fourth-order valence-electron chi connectivity index (χ4n) is 1.86. The quantitative estimate of drug-likeness (QED) is 0.621. The SMILES string of the molecule is CB(O)N1CCN(c2ncc(C)c(Cl)n2)CC1. The zero-order valence-corrected chi connectivity index (χ0v) is 10.9. The van der Waals surface area contributed by atoms with Gasteiger partial charge in [-0.05, 0) is 13.7 Å². The molecule has 7 heteroatoms. The molecule has 92 valence electrons. The van der Waals surface area contributed by atoms with Crippen molar-refractivity contribution in [3.63, 3.8) is 0 Å². The van der Waals surface area contributed by atoms with E-state index in [-0.39, 0.29) is 7.05 Å². The van der Waals surface area contributed by atoms with Crippen LogP contribution in [0.15, 0.2) is 6.20 Å². The lowest BCUT2D eigenvalue weighted by Gasteiger charge is -2.35. The first-order chi connectivity index (χ1) is 8.08. The first kappa shape index (κ1) is 12.6. The molecule has 1 N–H and O–H groups in total. The molecule has 0 unspecified atom stereocenters. The number of rotatable bonds is 2. The van der Waals surface area contributed by atoms with Gasteiger partial charge in [-0.15, -0.1) is 0 Å². The summed E-state index contributed by atoms with van der Waals surface area (Å²) in [4.78, 5) is 12.7. The van der Waals surface area contributed by atoms with Crippen molar-refractivity contribution in [1.29, 1.82) is 0 Å².